The number of ether oxygens (including phenoxy) is 2. The van der Waals surface area contributed by atoms with Gasteiger partial charge in [0.25, 0.3) is 0 Å². The van der Waals surface area contributed by atoms with Crippen molar-refractivity contribution in [2.75, 3.05) is 6.79 Å². The Balaban J connectivity index is 1.23. The maximum atomic E-state index is 13.1. The summed E-state index contributed by atoms with van der Waals surface area (Å²) in [5.41, 5.74) is 2.92. The molecule has 0 fully saturated rings. The van der Waals surface area contributed by atoms with E-state index in [-0.39, 0.29) is 25.1 Å². The van der Waals surface area contributed by atoms with Gasteiger partial charge < -0.3 is 19.4 Å². The number of rotatable bonds is 7. The number of hydrogen-bond donors (Lipinski definition) is 1. The van der Waals surface area contributed by atoms with E-state index in [1.54, 1.807) is 30.1 Å². The van der Waals surface area contributed by atoms with Gasteiger partial charge in [-0.25, -0.2) is 9.37 Å². The van der Waals surface area contributed by atoms with E-state index in [1.165, 1.54) is 12.1 Å². The van der Waals surface area contributed by atoms with Crippen molar-refractivity contribution in [1.29, 1.82) is 0 Å². The molecule has 2 aromatic heterocycles. The van der Waals surface area contributed by atoms with E-state index < -0.39 is 0 Å². The predicted molar refractivity (Wildman–Crippen MR) is 120 cm³/mol. The van der Waals surface area contributed by atoms with Gasteiger partial charge >= 0.3 is 0 Å². The fraction of sp³-hybridized carbons (Fsp3) is 0.167. The summed E-state index contributed by atoms with van der Waals surface area (Å²) in [4.78, 5) is 17.0. The highest BCUT2D eigenvalue weighted by molar-refractivity contribution is 7.98. The summed E-state index contributed by atoms with van der Waals surface area (Å²) >= 11 is 1.59. The highest BCUT2D eigenvalue weighted by atomic mass is 32.2. The summed E-state index contributed by atoms with van der Waals surface area (Å²) in [6.45, 7) is 0.847. The van der Waals surface area contributed by atoms with Crippen LogP contribution in [0.25, 0.3) is 10.9 Å². The number of aromatic nitrogens is 2. The van der Waals surface area contributed by atoms with Crippen LogP contribution in [0, 0.1) is 5.82 Å². The van der Waals surface area contributed by atoms with Crippen molar-refractivity contribution in [2.24, 2.45) is 0 Å². The van der Waals surface area contributed by atoms with Crippen LogP contribution in [0.2, 0.25) is 0 Å². The summed E-state index contributed by atoms with van der Waals surface area (Å²) in [5, 5.41) is 4.82. The largest absolute Gasteiger partial charge is 0.454 e. The molecule has 1 aliphatic heterocycles. The molecule has 1 N–H and O–H groups in total. The Morgan fingerprint density at radius 3 is 2.75 bits per heavy atom. The first-order chi connectivity index (χ1) is 15.7. The van der Waals surface area contributed by atoms with E-state index >= 15 is 0 Å². The topological polar surface area (TPSA) is 65.4 Å². The molecule has 3 heterocycles. The number of benzene rings is 2. The van der Waals surface area contributed by atoms with Gasteiger partial charge in [0.2, 0.25) is 12.7 Å². The zero-order valence-electron chi connectivity index (χ0n) is 17.1. The third-order valence-corrected chi connectivity index (χ3v) is 6.27. The molecular weight excluding hydrogens is 429 g/mol. The zero-order valence-corrected chi connectivity index (χ0v) is 17.9. The highest BCUT2D eigenvalue weighted by Crippen LogP contribution is 2.32. The van der Waals surface area contributed by atoms with E-state index in [2.05, 4.69) is 10.3 Å². The minimum Gasteiger partial charge on any atom is -0.454 e. The van der Waals surface area contributed by atoms with Crippen molar-refractivity contribution >= 4 is 28.6 Å². The molecule has 0 spiro atoms. The lowest BCUT2D eigenvalue weighted by molar-refractivity contribution is -0.121. The number of pyridine rings is 1. The summed E-state index contributed by atoms with van der Waals surface area (Å²) in [6.07, 6.45) is 3.64. The molecule has 0 bridgehead atoms. The predicted octanol–water partition coefficient (Wildman–Crippen LogP) is 4.51. The molecule has 2 aromatic carbocycles. The molecular formula is C24H20FN3O3S. The number of carbonyl (C=O) groups excluding carboxylic acids is 1. The van der Waals surface area contributed by atoms with Crippen LogP contribution in [0.1, 0.15) is 11.1 Å². The monoisotopic (exact) mass is 449 g/mol. The summed E-state index contributed by atoms with van der Waals surface area (Å²) in [7, 11) is 0. The van der Waals surface area contributed by atoms with Gasteiger partial charge in [0.1, 0.15) is 17.4 Å². The van der Waals surface area contributed by atoms with E-state index in [9.17, 15) is 9.18 Å². The molecule has 8 heteroatoms. The number of amides is 1. The van der Waals surface area contributed by atoms with Crippen LogP contribution in [0.15, 0.2) is 72.0 Å². The second-order valence-corrected chi connectivity index (χ2v) is 8.34. The lowest BCUT2D eigenvalue weighted by Gasteiger charge is -2.09. The molecule has 0 radical (unpaired) electrons. The molecule has 1 aliphatic rings. The quantitative estimate of drug-likeness (QED) is 0.421. The highest BCUT2D eigenvalue weighted by Gasteiger charge is 2.14. The number of nitrogens with zero attached hydrogens (tertiary/aromatic N) is 2. The third kappa shape index (κ3) is 4.40. The smallest absolute Gasteiger partial charge is 0.240 e. The second kappa shape index (κ2) is 8.92. The average Bonchev–Trinajstić information content (AvgIpc) is 3.44. The minimum atomic E-state index is -0.243. The molecule has 6 nitrogen and oxygen atoms in total. The number of thioether (sulfide) groups is 1. The maximum Gasteiger partial charge on any atom is 0.240 e. The molecule has 4 aromatic rings. The Kier molecular flexibility index (Phi) is 5.68. The Morgan fingerprint density at radius 1 is 1.06 bits per heavy atom. The SMILES string of the molecule is O=C(Cn1ccc2c(SCc3ccc(F)cc3)nccc21)NCc1ccc2c(c1)OCO2. The number of halogens is 1. The molecule has 0 unspecified atom stereocenters. The van der Waals surface area contributed by atoms with Crippen molar-refractivity contribution in [3.8, 4) is 11.5 Å². The number of carbonyl (C=O) groups is 1. The molecule has 0 saturated heterocycles. The Morgan fingerprint density at radius 2 is 1.88 bits per heavy atom. The van der Waals surface area contributed by atoms with Crippen molar-refractivity contribution in [3.63, 3.8) is 0 Å². The Bertz CT molecular complexity index is 1270. The van der Waals surface area contributed by atoms with Gasteiger partial charge in [0.15, 0.2) is 11.5 Å². The van der Waals surface area contributed by atoms with Gasteiger partial charge in [-0.05, 0) is 47.5 Å². The number of fused-ring (bicyclic) bond motifs is 2. The van der Waals surface area contributed by atoms with Gasteiger partial charge in [-0.15, -0.1) is 11.8 Å². The normalized spacial score (nSPS) is 12.3. The van der Waals surface area contributed by atoms with E-state index in [4.69, 9.17) is 9.47 Å². The van der Waals surface area contributed by atoms with Gasteiger partial charge in [-0.3, -0.25) is 4.79 Å². The van der Waals surface area contributed by atoms with Crippen molar-refractivity contribution in [1.82, 2.24) is 14.9 Å². The number of hydrogen-bond acceptors (Lipinski definition) is 5. The summed E-state index contributed by atoms with van der Waals surface area (Å²) < 4.78 is 25.7. The van der Waals surface area contributed by atoms with Crippen LogP contribution in [0.3, 0.4) is 0 Å². The lowest BCUT2D eigenvalue weighted by atomic mass is 10.2. The molecule has 1 amide bonds. The van der Waals surface area contributed by atoms with Gasteiger partial charge in [-0.1, -0.05) is 18.2 Å². The Hall–Kier alpha value is -3.52. The number of nitrogens with one attached hydrogen (secondary N) is 1. The molecule has 0 saturated carbocycles. The van der Waals surface area contributed by atoms with Crippen LogP contribution in [0.4, 0.5) is 4.39 Å². The van der Waals surface area contributed by atoms with Gasteiger partial charge in [-0.2, -0.15) is 0 Å². The molecule has 0 atom stereocenters. The van der Waals surface area contributed by atoms with Crippen LogP contribution < -0.4 is 14.8 Å². The van der Waals surface area contributed by atoms with Crippen LogP contribution in [0.5, 0.6) is 11.5 Å². The van der Waals surface area contributed by atoms with E-state index in [0.29, 0.717) is 18.0 Å². The molecule has 162 valence electrons. The average molecular weight is 450 g/mol. The Labute approximate surface area is 188 Å². The van der Waals surface area contributed by atoms with Crippen molar-refractivity contribution < 1.29 is 18.7 Å². The minimum absolute atomic E-state index is 0.0857. The lowest BCUT2D eigenvalue weighted by Crippen LogP contribution is -2.26. The standard InChI is InChI=1S/C24H20FN3O3S/c25-18-4-1-16(2-5-18)14-32-24-19-8-10-28(20(19)7-9-26-24)13-23(29)27-12-17-3-6-21-22(11-17)31-15-30-21/h1-11H,12-15H2,(H,27,29). The first kappa shape index (κ1) is 20.4. The maximum absolute atomic E-state index is 13.1. The van der Waals surface area contributed by atoms with Crippen molar-refractivity contribution in [2.45, 2.75) is 23.9 Å². The fourth-order valence-electron chi connectivity index (χ4n) is 3.54. The molecule has 5 rings (SSSR count). The molecule has 0 aliphatic carbocycles. The molecule has 32 heavy (non-hydrogen) atoms. The van der Waals surface area contributed by atoms with Gasteiger partial charge in [0.05, 0.1) is 5.52 Å². The second-order valence-electron chi connectivity index (χ2n) is 7.37. The zero-order chi connectivity index (χ0) is 21.9. The van der Waals surface area contributed by atoms with E-state index in [1.807, 2.05) is 41.1 Å². The fourth-order valence-corrected chi connectivity index (χ4v) is 4.50. The summed E-state index contributed by atoms with van der Waals surface area (Å²) in [5.74, 6) is 1.78. The van der Waals surface area contributed by atoms with Crippen LogP contribution >= 0.6 is 11.8 Å². The third-order valence-electron chi connectivity index (χ3n) is 5.19. The van der Waals surface area contributed by atoms with Crippen molar-refractivity contribution in [3.05, 3.63) is 83.9 Å². The van der Waals surface area contributed by atoms with Gasteiger partial charge in [0, 0.05) is 30.1 Å². The summed E-state index contributed by atoms with van der Waals surface area (Å²) in [6, 6.07) is 16.0. The first-order valence-electron chi connectivity index (χ1n) is 10.1. The van der Waals surface area contributed by atoms with Crippen LogP contribution in [-0.4, -0.2) is 22.3 Å². The first-order valence-corrected chi connectivity index (χ1v) is 11.1. The van der Waals surface area contributed by atoms with E-state index in [0.717, 1.165) is 32.8 Å². The van der Waals surface area contributed by atoms with Crippen LogP contribution in [-0.2, 0) is 23.6 Å².